The van der Waals surface area contributed by atoms with E-state index in [0.29, 0.717) is 6.04 Å². The van der Waals surface area contributed by atoms with Gasteiger partial charge in [0, 0.05) is 17.5 Å². The van der Waals surface area contributed by atoms with Gasteiger partial charge in [0.2, 0.25) is 5.89 Å². The quantitative estimate of drug-likeness (QED) is 0.765. The molecule has 0 atom stereocenters. The van der Waals surface area contributed by atoms with Gasteiger partial charge in [-0.15, -0.1) is 0 Å². The minimum absolute atomic E-state index is 0.669. The second-order valence-electron chi connectivity index (χ2n) is 2.98. The summed E-state index contributed by atoms with van der Waals surface area (Å²) in [6, 6.07) is 0.669. The van der Waals surface area contributed by atoms with Gasteiger partial charge in [-0.3, -0.25) is 0 Å². The lowest BCUT2D eigenvalue weighted by Gasteiger charge is -2.25. The van der Waals surface area contributed by atoms with Gasteiger partial charge in [-0.2, -0.15) is 11.8 Å². The fourth-order valence-corrected chi connectivity index (χ4v) is 1.78. The molecule has 0 amide bonds. The SMILES string of the molecule is Cc1cnc(CNC2CSC2)o1. The van der Waals surface area contributed by atoms with E-state index in [0.717, 1.165) is 18.2 Å². The van der Waals surface area contributed by atoms with Crippen molar-refractivity contribution in [3.63, 3.8) is 0 Å². The Labute approximate surface area is 75.9 Å². The molecule has 1 saturated heterocycles. The number of nitrogens with one attached hydrogen (secondary N) is 1. The van der Waals surface area contributed by atoms with Gasteiger partial charge >= 0.3 is 0 Å². The van der Waals surface area contributed by atoms with E-state index in [1.807, 2.05) is 18.7 Å². The first-order valence-electron chi connectivity index (χ1n) is 4.07. The molecule has 0 radical (unpaired) electrons. The van der Waals surface area contributed by atoms with E-state index in [2.05, 4.69) is 10.3 Å². The molecule has 1 N–H and O–H groups in total. The molecule has 12 heavy (non-hydrogen) atoms. The Morgan fingerprint density at radius 2 is 2.58 bits per heavy atom. The van der Waals surface area contributed by atoms with Crippen LogP contribution in [-0.2, 0) is 6.54 Å². The number of hydrogen-bond acceptors (Lipinski definition) is 4. The lowest BCUT2D eigenvalue weighted by molar-refractivity contribution is 0.435. The highest BCUT2D eigenvalue weighted by molar-refractivity contribution is 8.00. The smallest absolute Gasteiger partial charge is 0.208 e. The largest absolute Gasteiger partial charge is 0.445 e. The number of aromatic nitrogens is 1. The Morgan fingerprint density at radius 3 is 3.08 bits per heavy atom. The molecule has 0 aromatic carbocycles. The van der Waals surface area contributed by atoms with Crippen LogP contribution in [-0.4, -0.2) is 22.5 Å². The van der Waals surface area contributed by atoms with Crippen LogP contribution in [0.5, 0.6) is 0 Å². The summed E-state index contributed by atoms with van der Waals surface area (Å²) < 4.78 is 5.32. The summed E-state index contributed by atoms with van der Waals surface area (Å²) in [7, 11) is 0. The van der Waals surface area contributed by atoms with Crippen molar-refractivity contribution >= 4 is 11.8 Å². The second kappa shape index (κ2) is 3.49. The Hall–Kier alpha value is -0.480. The van der Waals surface area contributed by atoms with Gasteiger partial charge in [0.15, 0.2) is 0 Å². The normalized spacial score (nSPS) is 17.8. The van der Waals surface area contributed by atoms with Crippen LogP contribution in [0.3, 0.4) is 0 Å². The van der Waals surface area contributed by atoms with E-state index in [4.69, 9.17) is 4.42 Å². The molecule has 0 bridgehead atoms. The average molecular weight is 184 g/mol. The van der Waals surface area contributed by atoms with Gasteiger partial charge in [0.05, 0.1) is 12.7 Å². The van der Waals surface area contributed by atoms with Crippen molar-refractivity contribution in [3.8, 4) is 0 Å². The fourth-order valence-electron chi connectivity index (χ4n) is 1.07. The third-order valence-electron chi connectivity index (χ3n) is 1.85. The summed E-state index contributed by atoms with van der Waals surface area (Å²) in [6.07, 6.45) is 1.76. The minimum atomic E-state index is 0.669. The Bertz CT molecular complexity index is 257. The number of rotatable bonds is 3. The third-order valence-corrected chi connectivity index (χ3v) is 3.13. The lowest BCUT2D eigenvalue weighted by Crippen LogP contribution is -2.39. The zero-order valence-corrected chi connectivity index (χ0v) is 7.86. The number of thioether (sulfide) groups is 1. The van der Waals surface area contributed by atoms with E-state index in [1.54, 1.807) is 6.20 Å². The van der Waals surface area contributed by atoms with Crippen LogP contribution in [0.15, 0.2) is 10.6 Å². The molecule has 0 saturated carbocycles. The molecular weight excluding hydrogens is 172 g/mol. The predicted molar refractivity (Wildman–Crippen MR) is 49.2 cm³/mol. The highest BCUT2D eigenvalue weighted by Gasteiger charge is 2.17. The predicted octanol–water partition coefficient (Wildman–Crippen LogP) is 1.19. The van der Waals surface area contributed by atoms with Crippen molar-refractivity contribution in [2.75, 3.05) is 11.5 Å². The molecule has 0 aliphatic carbocycles. The van der Waals surface area contributed by atoms with Crippen molar-refractivity contribution in [3.05, 3.63) is 17.8 Å². The number of oxazole rings is 1. The van der Waals surface area contributed by atoms with Crippen molar-refractivity contribution in [2.24, 2.45) is 0 Å². The number of nitrogens with zero attached hydrogens (tertiary/aromatic N) is 1. The number of aryl methyl sites for hydroxylation is 1. The van der Waals surface area contributed by atoms with E-state index < -0.39 is 0 Å². The Kier molecular flexibility index (Phi) is 2.37. The first kappa shape index (κ1) is 8.13. The fraction of sp³-hybridized carbons (Fsp3) is 0.625. The van der Waals surface area contributed by atoms with Gasteiger partial charge in [0.1, 0.15) is 5.76 Å². The van der Waals surface area contributed by atoms with Crippen LogP contribution < -0.4 is 5.32 Å². The highest BCUT2D eigenvalue weighted by Crippen LogP contribution is 2.17. The third kappa shape index (κ3) is 1.81. The Balaban J connectivity index is 1.79. The average Bonchev–Trinajstić information content (AvgIpc) is 2.32. The van der Waals surface area contributed by atoms with Gasteiger partial charge in [-0.05, 0) is 6.92 Å². The summed E-state index contributed by atoms with van der Waals surface area (Å²) >= 11 is 1.97. The van der Waals surface area contributed by atoms with Crippen LogP contribution in [0.2, 0.25) is 0 Å². The van der Waals surface area contributed by atoms with Gasteiger partial charge in [0.25, 0.3) is 0 Å². The molecule has 66 valence electrons. The van der Waals surface area contributed by atoms with E-state index in [-0.39, 0.29) is 0 Å². The zero-order valence-electron chi connectivity index (χ0n) is 7.04. The van der Waals surface area contributed by atoms with Crippen LogP contribution in [0.25, 0.3) is 0 Å². The summed E-state index contributed by atoms with van der Waals surface area (Å²) in [5.41, 5.74) is 0. The van der Waals surface area contributed by atoms with Gasteiger partial charge in [-0.25, -0.2) is 4.98 Å². The standard InChI is InChI=1S/C8H12N2OS/c1-6-2-10-8(11-6)3-9-7-4-12-5-7/h2,7,9H,3-5H2,1H3. The van der Waals surface area contributed by atoms with E-state index >= 15 is 0 Å². The van der Waals surface area contributed by atoms with Crippen molar-refractivity contribution in [1.82, 2.24) is 10.3 Å². The molecule has 1 aliphatic heterocycles. The maximum atomic E-state index is 5.32. The first-order chi connectivity index (χ1) is 5.84. The molecule has 1 aliphatic rings. The lowest BCUT2D eigenvalue weighted by atomic mass is 10.3. The summed E-state index contributed by atoms with van der Waals surface area (Å²) in [5, 5.41) is 3.37. The Morgan fingerprint density at radius 1 is 1.75 bits per heavy atom. The molecule has 4 heteroatoms. The summed E-state index contributed by atoms with van der Waals surface area (Å²) in [4.78, 5) is 4.11. The highest BCUT2D eigenvalue weighted by atomic mass is 32.2. The van der Waals surface area contributed by atoms with E-state index in [9.17, 15) is 0 Å². The molecular formula is C8H12N2OS. The number of hydrogen-bond donors (Lipinski definition) is 1. The van der Waals surface area contributed by atoms with Gasteiger partial charge in [-0.1, -0.05) is 0 Å². The maximum absolute atomic E-state index is 5.32. The van der Waals surface area contributed by atoms with Crippen LogP contribution >= 0.6 is 11.8 Å². The van der Waals surface area contributed by atoms with Crippen LogP contribution in [0, 0.1) is 6.92 Å². The molecule has 0 unspecified atom stereocenters. The summed E-state index contributed by atoms with van der Waals surface area (Å²) in [6.45, 7) is 2.68. The molecule has 1 aromatic rings. The van der Waals surface area contributed by atoms with Crippen molar-refractivity contribution < 1.29 is 4.42 Å². The molecule has 3 nitrogen and oxygen atoms in total. The monoisotopic (exact) mass is 184 g/mol. The zero-order chi connectivity index (χ0) is 8.39. The maximum Gasteiger partial charge on any atom is 0.208 e. The second-order valence-corrected chi connectivity index (χ2v) is 4.05. The minimum Gasteiger partial charge on any atom is -0.445 e. The first-order valence-corrected chi connectivity index (χ1v) is 5.22. The molecule has 2 heterocycles. The molecule has 2 rings (SSSR count). The van der Waals surface area contributed by atoms with Crippen LogP contribution in [0.4, 0.5) is 0 Å². The van der Waals surface area contributed by atoms with Crippen LogP contribution in [0.1, 0.15) is 11.7 Å². The summed E-state index contributed by atoms with van der Waals surface area (Å²) in [5.74, 6) is 4.12. The molecule has 0 spiro atoms. The topological polar surface area (TPSA) is 38.1 Å². The molecule has 1 aromatic heterocycles. The van der Waals surface area contributed by atoms with E-state index in [1.165, 1.54) is 11.5 Å². The molecule has 1 fully saturated rings. The van der Waals surface area contributed by atoms with Crippen molar-refractivity contribution in [2.45, 2.75) is 19.5 Å². The van der Waals surface area contributed by atoms with Gasteiger partial charge < -0.3 is 9.73 Å². The van der Waals surface area contributed by atoms with Crippen molar-refractivity contribution in [1.29, 1.82) is 0 Å².